The van der Waals surface area contributed by atoms with Crippen LogP contribution in [0.4, 0.5) is 0 Å². The molecule has 0 atom stereocenters. The van der Waals surface area contributed by atoms with E-state index < -0.39 is 0 Å². The summed E-state index contributed by atoms with van der Waals surface area (Å²) in [5, 5.41) is 0. The van der Waals surface area contributed by atoms with Crippen LogP contribution in [0.3, 0.4) is 0 Å². The molecule has 2 rings (SSSR count). The van der Waals surface area contributed by atoms with Gasteiger partial charge in [0.15, 0.2) is 0 Å². The van der Waals surface area contributed by atoms with E-state index in [1.807, 2.05) is 42.5 Å². The van der Waals surface area contributed by atoms with Gasteiger partial charge < -0.3 is 9.47 Å². The Labute approximate surface area is 129 Å². The minimum Gasteiger partial charge on any atom is -0.497 e. The van der Waals surface area contributed by atoms with E-state index in [4.69, 9.17) is 9.47 Å². The largest absolute Gasteiger partial charge is 0.497 e. The molecule has 0 heterocycles. The van der Waals surface area contributed by atoms with Crippen molar-refractivity contribution in [3.63, 3.8) is 0 Å². The average Bonchev–Trinajstić information content (AvgIpc) is 2.54. The molecule has 4 heteroatoms. The predicted octanol–water partition coefficient (Wildman–Crippen LogP) is 3.70. The molecule has 0 unspecified atom stereocenters. The predicted molar refractivity (Wildman–Crippen MR) is 84.7 cm³/mol. The molecule has 2 aromatic rings. The SMILES string of the molecule is COC(=O)Cc1ccccc1CSc1ccc(OC)cc1. The molecule has 110 valence electrons. The fourth-order valence-corrected chi connectivity index (χ4v) is 2.86. The van der Waals surface area contributed by atoms with Crippen LogP contribution in [0.2, 0.25) is 0 Å². The molecule has 0 aliphatic carbocycles. The average molecular weight is 302 g/mol. The fourth-order valence-electron chi connectivity index (χ4n) is 1.93. The molecule has 0 saturated carbocycles. The van der Waals surface area contributed by atoms with Gasteiger partial charge in [0.1, 0.15) is 5.75 Å². The molecule has 21 heavy (non-hydrogen) atoms. The van der Waals surface area contributed by atoms with Crippen LogP contribution in [-0.2, 0) is 21.7 Å². The van der Waals surface area contributed by atoms with Crippen molar-refractivity contribution >= 4 is 17.7 Å². The topological polar surface area (TPSA) is 35.5 Å². The number of hydrogen-bond acceptors (Lipinski definition) is 4. The zero-order chi connectivity index (χ0) is 15.1. The van der Waals surface area contributed by atoms with E-state index in [9.17, 15) is 4.79 Å². The summed E-state index contributed by atoms with van der Waals surface area (Å²) in [4.78, 5) is 12.6. The first-order valence-electron chi connectivity index (χ1n) is 6.63. The molecule has 0 saturated heterocycles. The Morgan fingerprint density at radius 2 is 1.67 bits per heavy atom. The molecule has 0 aromatic heterocycles. The van der Waals surface area contributed by atoms with E-state index in [0.29, 0.717) is 6.42 Å². The van der Waals surface area contributed by atoms with Gasteiger partial charge in [0, 0.05) is 10.6 Å². The Kier molecular flexibility index (Phi) is 5.69. The minimum atomic E-state index is -0.211. The highest BCUT2D eigenvalue weighted by molar-refractivity contribution is 7.98. The van der Waals surface area contributed by atoms with E-state index >= 15 is 0 Å². The van der Waals surface area contributed by atoms with E-state index in [1.165, 1.54) is 12.0 Å². The highest BCUT2D eigenvalue weighted by Crippen LogP contribution is 2.26. The number of methoxy groups -OCH3 is 2. The first kappa shape index (κ1) is 15.4. The molecule has 0 N–H and O–H groups in total. The van der Waals surface area contributed by atoms with E-state index in [-0.39, 0.29) is 5.97 Å². The van der Waals surface area contributed by atoms with Crippen LogP contribution >= 0.6 is 11.8 Å². The Hall–Kier alpha value is -1.94. The number of carbonyl (C=O) groups excluding carboxylic acids is 1. The summed E-state index contributed by atoms with van der Waals surface area (Å²) in [5.74, 6) is 1.46. The van der Waals surface area contributed by atoms with Crippen LogP contribution < -0.4 is 4.74 Å². The number of ether oxygens (including phenoxy) is 2. The Morgan fingerprint density at radius 1 is 1.00 bits per heavy atom. The summed E-state index contributed by atoms with van der Waals surface area (Å²) < 4.78 is 9.88. The highest BCUT2D eigenvalue weighted by atomic mass is 32.2. The maximum atomic E-state index is 11.4. The maximum Gasteiger partial charge on any atom is 0.309 e. The lowest BCUT2D eigenvalue weighted by Crippen LogP contribution is -2.06. The van der Waals surface area contributed by atoms with Gasteiger partial charge in [-0.2, -0.15) is 0 Å². The normalized spacial score (nSPS) is 10.2. The molecule has 0 aliphatic rings. The number of hydrogen-bond donors (Lipinski definition) is 0. The van der Waals surface area contributed by atoms with Crippen molar-refractivity contribution in [2.45, 2.75) is 17.1 Å². The standard InChI is InChI=1S/C17H18O3S/c1-19-15-7-9-16(10-8-15)21-12-14-6-4-3-5-13(14)11-17(18)20-2/h3-10H,11-12H2,1-2H3. The first-order chi connectivity index (χ1) is 10.2. The lowest BCUT2D eigenvalue weighted by atomic mass is 10.1. The van der Waals surface area contributed by atoms with Gasteiger partial charge in [-0.15, -0.1) is 11.8 Å². The van der Waals surface area contributed by atoms with Crippen molar-refractivity contribution < 1.29 is 14.3 Å². The van der Waals surface area contributed by atoms with Gasteiger partial charge >= 0.3 is 5.97 Å². The summed E-state index contributed by atoms with van der Waals surface area (Å²) >= 11 is 1.73. The summed E-state index contributed by atoms with van der Waals surface area (Å²) in [6, 6.07) is 15.9. The molecule has 0 bridgehead atoms. The van der Waals surface area contributed by atoms with E-state index in [2.05, 4.69) is 6.07 Å². The number of esters is 1. The van der Waals surface area contributed by atoms with Crippen molar-refractivity contribution in [3.8, 4) is 5.75 Å². The molecule has 3 nitrogen and oxygen atoms in total. The molecule has 0 radical (unpaired) electrons. The zero-order valence-electron chi connectivity index (χ0n) is 12.2. The summed E-state index contributed by atoms with van der Waals surface area (Å²) in [5.41, 5.74) is 2.18. The van der Waals surface area contributed by atoms with Crippen LogP contribution in [0.25, 0.3) is 0 Å². The van der Waals surface area contributed by atoms with Gasteiger partial charge in [-0.1, -0.05) is 24.3 Å². The minimum absolute atomic E-state index is 0.211. The number of rotatable bonds is 6. The highest BCUT2D eigenvalue weighted by Gasteiger charge is 2.08. The maximum absolute atomic E-state index is 11.4. The van der Waals surface area contributed by atoms with Gasteiger partial charge in [0.05, 0.1) is 20.6 Å². The van der Waals surface area contributed by atoms with Crippen molar-refractivity contribution in [1.29, 1.82) is 0 Å². The van der Waals surface area contributed by atoms with Crippen LogP contribution in [0.15, 0.2) is 53.4 Å². The second-order valence-corrected chi connectivity index (χ2v) is 5.53. The van der Waals surface area contributed by atoms with E-state index in [1.54, 1.807) is 18.9 Å². The Balaban J connectivity index is 2.03. The third kappa shape index (κ3) is 4.53. The molecule has 0 aliphatic heterocycles. The molecule has 0 amide bonds. The van der Waals surface area contributed by atoms with Gasteiger partial charge in [-0.25, -0.2) is 0 Å². The molecule has 2 aromatic carbocycles. The summed E-state index contributed by atoms with van der Waals surface area (Å²) in [7, 11) is 3.07. The van der Waals surface area contributed by atoms with Gasteiger partial charge in [0.2, 0.25) is 0 Å². The number of thioether (sulfide) groups is 1. The second kappa shape index (κ2) is 7.74. The zero-order valence-corrected chi connectivity index (χ0v) is 13.0. The van der Waals surface area contributed by atoms with Crippen molar-refractivity contribution in [3.05, 3.63) is 59.7 Å². The van der Waals surface area contributed by atoms with Gasteiger partial charge in [-0.3, -0.25) is 4.79 Å². The molecule has 0 fully saturated rings. The molecule has 0 spiro atoms. The number of benzene rings is 2. The van der Waals surface area contributed by atoms with E-state index in [0.717, 1.165) is 22.6 Å². The van der Waals surface area contributed by atoms with Crippen molar-refractivity contribution in [1.82, 2.24) is 0 Å². The van der Waals surface area contributed by atoms with Crippen LogP contribution in [0.1, 0.15) is 11.1 Å². The smallest absolute Gasteiger partial charge is 0.309 e. The Morgan fingerprint density at radius 3 is 2.29 bits per heavy atom. The molecular formula is C17H18O3S. The Bertz CT molecular complexity index is 593. The third-order valence-corrected chi connectivity index (χ3v) is 4.20. The lowest BCUT2D eigenvalue weighted by molar-refractivity contribution is -0.139. The van der Waals surface area contributed by atoms with Crippen LogP contribution in [0, 0.1) is 0 Å². The van der Waals surface area contributed by atoms with Gasteiger partial charge in [-0.05, 0) is 35.4 Å². The lowest BCUT2D eigenvalue weighted by Gasteiger charge is -2.09. The second-order valence-electron chi connectivity index (χ2n) is 4.49. The van der Waals surface area contributed by atoms with Gasteiger partial charge in [0.25, 0.3) is 0 Å². The van der Waals surface area contributed by atoms with Crippen LogP contribution in [-0.4, -0.2) is 20.2 Å². The number of carbonyl (C=O) groups is 1. The summed E-state index contributed by atoms with van der Waals surface area (Å²) in [6.07, 6.45) is 0.315. The first-order valence-corrected chi connectivity index (χ1v) is 7.62. The fraction of sp³-hybridized carbons (Fsp3) is 0.235. The molecular weight excluding hydrogens is 284 g/mol. The quantitative estimate of drug-likeness (QED) is 0.602. The summed E-state index contributed by atoms with van der Waals surface area (Å²) in [6.45, 7) is 0. The van der Waals surface area contributed by atoms with Crippen molar-refractivity contribution in [2.24, 2.45) is 0 Å². The monoisotopic (exact) mass is 302 g/mol. The van der Waals surface area contributed by atoms with Crippen molar-refractivity contribution in [2.75, 3.05) is 14.2 Å². The van der Waals surface area contributed by atoms with Crippen LogP contribution in [0.5, 0.6) is 5.75 Å². The third-order valence-electron chi connectivity index (χ3n) is 3.13.